The lowest BCUT2D eigenvalue weighted by molar-refractivity contribution is -0.155. The standard InChI is InChI=1S/C37H47N3O9/c1-36(2,3)49-32(42)17-19-37(35(43)40-38-20-18-26-23-30(45-5)15-16-31(26)46-6)33(27-9-7-10-29(24-27)44-4)48-34(39-37)25-11-13-28(14-12-25)47-22-8-21-41/h7,9-16,23-24,33,38,41H,8,17-22H2,1-6H3,(H,40,43)/t33-,37-/m0/s1. The molecule has 12 nitrogen and oxygen atoms in total. The highest BCUT2D eigenvalue weighted by atomic mass is 16.6. The average Bonchev–Trinajstić information content (AvgIpc) is 3.49. The molecule has 1 heterocycles. The molecular formula is C37H47N3O9. The number of carbonyl (C=O) groups is 2. The number of nitrogens with one attached hydrogen (secondary N) is 2. The van der Waals surface area contributed by atoms with Crippen molar-refractivity contribution in [2.24, 2.45) is 4.99 Å². The third kappa shape index (κ3) is 9.86. The Kier molecular flexibility index (Phi) is 12.9. The summed E-state index contributed by atoms with van der Waals surface area (Å²) < 4.78 is 34.2. The van der Waals surface area contributed by atoms with Crippen LogP contribution in [0.4, 0.5) is 0 Å². The molecular weight excluding hydrogens is 630 g/mol. The first-order chi connectivity index (χ1) is 23.5. The van der Waals surface area contributed by atoms with E-state index in [1.165, 1.54) is 0 Å². The second-order valence-corrected chi connectivity index (χ2v) is 12.5. The van der Waals surface area contributed by atoms with Crippen LogP contribution in [0.25, 0.3) is 0 Å². The van der Waals surface area contributed by atoms with Crippen LogP contribution in [0.2, 0.25) is 0 Å². The third-order valence-corrected chi connectivity index (χ3v) is 7.77. The van der Waals surface area contributed by atoms with Gasteiger partial charge in [-0.3, -0.25) is 15.0 Å². The van der Waals surface area contributed by atoms with E-state index in [0.717, 1.165) is 5.56 Å². The maximum atomic E-state index is 14.4. The Labute approximate surface area is 287 Å². The molecule has 12 heteroatoms. The minimum Gasteiger partial charge on any atom is -0.497 e. The molecule has 0 aliphatic carbocycles. The van der Waals surface area contributed by atoms with Crippen LogP contribution in [0.1, 0.15) is 62.8 Å². The van der Waals surface area contributed by atoms with Crippen LogP contribution in [-0.2, 0) is 25.5 Å². The van der Waals surface area contributed by atoms with Gasteiger partial charge in [0.05, 0.1) is 27.9 Å². The first-order valence-corrected chi connectivity index (χ1v) is 16.2. The monoisotopic (exact) mass is 677 g/mol. The highest BCUT2D eigenvalue weighted by molar-refractivity contribution is 6.01. The van der Waals surface area contributed by atoms with Crippen LogP contribution < -0.4 is 29.8 Å². The molecule has 0 fully saturated rings. The van der Waals surface area contributed by atoms with E-state index < -0.39 is 29.1 Å². The van der Waals surface area contributed by atoms with Gasteiger partial charge < -0.3 is 33.5 Å². The molecule has 1 aliphatic heterocycles. The van der Waals surface area contributed by atoms with Gasteiger partial charge in [-0.15, -0.1) is 0 Å². The molecule has 1 amide bonds. The number of esters is 1. The summed E-state index contributed by atoms with van der Waals surface area (Å²) in [5, 5.41) is 9.08. The number of nitrogens with zero attached hydrogens (tertiary/aromatic N) is 1. The Balaban J connectivity index is 1.66. The zero-order valence-electron chi connectivity index (χ0n) is 29.0. The van der Waals surface area contributed by atoms with Gasteiger partial charge in [-0.05, 0) is 99.3 Å². The van der Waals surface area contributed by atoms with Gasteiger partial charge in [-0.25, -0.2) is 10.4 Å². The topological polar surface area (TPSA) is 146 Å². The molecule has 0 spiro atoms. The largest absolute Gasteiger partial charge is 0.497 e. The van der Waals surface area contributed by atoms with E-state index in [2.05, 4.69) is 10.9 Å². The van der Waals surface area contributed by atoms with E-state index in [4.69, 9.17) is 38.5 Å². The summed E-state index contributed by atoms with van der Waals surface area (Å²) in [6.45, 7) is 6.14. The number of amides is 1. The van der Waals surface area contributed by atoms with E-state index in [1.54, 1.807) is 78.5 Å². The van der Waals surface area contributed by atoms with E-state index in [9.17, 15) is 9.59 Å². The van der Waals surface area contributed by atoms with E-state index in [0.29, 0.717) is 60.1 Å². The first-order valence-electron chi connectivity index (χ1n) is 16.2. The van der Waals surface area contributed by atoms with E-state index >= 15 is 0 Å². The number of hydrazine groups is 1. The zero-order valence-corrected chi connectivity index (χ0v) is 29.0. The fourth-order valence-corrected chi connectivity index (χ4v) is 5.39. The minimum atomic E-state index is -1.57. The maximum Gasteiger partial charge on any atom is 0.306 e. The lowest BCUT2D eigenvalue weighted by Gasteiger charge is -2.31. The number of aliphatic hydroxyl groups excluding tert-OH is 1. The molecule has 0 aromatic heterocycles. The summed E-state index contributed by atoms with van der Waals surface area (Å²) in [7, 11) is 4.76. The van der Waals surface area contributed by atoms with Gasteiger partial charge in [0, 0.05) is 31.6 Å². The van der Waals surface area contributed by atoms with Gasteiger partial charge in [0.2, 0.25) is 5.90 Å². The molecule has 3 N–H and O–H groups in total. The molecule has 264 valence electrons. The summed E-state index contributed by atoms with van der Waals surface area (Å²) in [6, 6.07) is 19.9. The summed E-state index contributed by atoms with van der Waals surface area (Å²) in [6.07, 6.45) is 0.0103. The Hall–Kier alpha value is -4.81. The van der Waals surface area contributed by atoms with E-state index in [1.807, 2.05) is 30.3 Å². The average molecular weight is 678 g/mol. The Morgan fingerprint density at radius 2 is 1.65 bits per heavy atom. The molecule has 3 aromatic rings. The SMILES string of the molecule is COc1cccc([C@@H]2OC(c3ccc(OCCCO)cc3)=N[C@]2(CCC(=O)OC(C)(C)C)C(=O)NNCCc2cc(OC)ccc2OC)c1. The third-order valence-electron chi connectivity index (χ3n) is 7.77. The Bertz CT molecular complexity index is 1590. The van der Waals surface area contributed by atoms with Gasteiger partial charge in [-0.1, -0.05) is 12.1 Å². The van der Waals surface area contributed by atoms with Crippen molar-refractivity contribution in [1.29, 1.82) is 0 Å². The smallest absolute Gasteiger partial charge is 0.306 e. The molecule has 0 radical (unpaired) electrons. The fourth-order valence-electron chi connectivity index (χ4n) is 5.39. The molecule has 1 aliphatic rings. The number of aliphatic hydroxyl groups is 1. The predicted molar refractivity (Wildman–Crippen MR) is 184 cm³/mol. The first kappa shape index (κ1) is 37.0. The predicted octanol–water partition coefficient (Wildman–Crippen LogP) is 4.72. The van der Waals surface area contributed by atoms with Crippen LogP contribution in [0.3, 0.4) is 0 Å². The molecule has 0 saturated heterocycles. The molecule has 0 bridgehead atoms. The van der Waals surface area contributed by atoms with Crippen molar-refractivity contribution in [2.75, 3.05) is 41.1 Å². The number of aliphatic imine (C=N–C) groups is 1. The zero-order chi connectivity index (χ0) is 35.4. The van der Waals surface area contributed by atoms with Crippen LogP contribution in [0.15, 0.2) is 71.7 Å². The number of ether oxygens (including phenoxy) is 6. The van der Waals surface area contributed by atoms with Crippen LogP contribution in [0, 0.1) is 0 Å². The van der Waals surface area contributed by atoms with Crippen molar-refractivity contribution >= 4 is 17.8 Å². The summed E-state index contributed by atoms with van der Waals surface area (Å²) in [5.74, 6) is 1.86. The van der Waals surface area contributed by atoms with Crippen molar-refractivity contribution in [3.8, 4) is 23.0 Å². The molecule has 3 aromatic carbocycles. The number of hydrogen-bond donors (Lipinski definition) is 3. The normalized spacial score (nSPS) is 17.0. The van der Waals surface area contributed by atoms with Gasteiger partial charge >= 0.3 is 5.97 Å². The summed E-state index contributed by atoms with van der Waals surface area (Å²) in [4.78, 5) is 32.4. The van der Waals surface area contributed by atoms with Crippen LogP contribution in [-0.4, -0.2) is 75.1 Å². The van der Waals surface area contributed by atoms with Gasteiger partial charge in [0.15, 0.2) is 11.6 Å². The Morgan fingerprint density at radius 1 is 0.939 bits per heavy atom. The van der Waals surface area contributed by atoms with Crippen molar-refractivity contribution < 1.29 is 43.1 Å². The van der Waals surface area contributed by atoms with Gasteiger partial charge in [-0.2, -0.15) is 0 Å². The van der Waals surface area contributed by atoms with Crippen molar-refractivity contribution in [3.05, 3.63) is 83.4 Å². The van der Waals surface area contributed by atoms with Crippen molar-refractivity contribution in [2.45, 2.75) is 63.7 Å². The highest BCUT2D eigenvalue weighted by Gasteiger charge is 2.53. The quantitative estimate of drug-likeness (QED) is 0.104. The molecule has 4 rings (SSSR count). The van der Waals surface area contributed by atoms with Crippen molar-refractivity contribution in [3.63, 3.8) is 0 Å². The second-order valence-electron chi connectivity index (χ2n) is 12.5. The number of benzene rings is 3. The lowest BCUT2D eigenvalue weighted by atomic mass is 9.83. The summed E-state index contributed by atoms with van der Waals surface area (Å²) in [5.41, 5.74) is 5.75. The minimum absolute atomic E-state index is 0.00708. The fraction of sp³-hybridized carbons (Fsp3) is 0.432. The van der Waals surface area contributed by atoms with Crippen molar-refractivity contribution in [1.82, 2.24) is 10.9 Å². The molecule has 0 unspecified atom stereocenters. The highest BCUT2D eigenvalue weighted by Crippen LogP contribution is 2.44. The maximum absolute atomic E-state index is 14.4. The molecule has 49 heavy (non-hydrogen) atoms. The second kappa shape index (κ2) is 17.0. The van der Waals surface area contributed by atoms with E-state index in [-0.39, 0.29) is 25.3 Å². The molecule has 2 atom stereocenters. The van der Waals surface area contributed by atoms with Crippen LogP contribution >= 0.6 is 0 Å². The summed E-state index contributed by atoms with van der Waals surface area (Å²) >= 11 is 0. The lowest BCUT2D eigenvalue weighted by Crippen LogP contribution is -2.53. The number of carbonyl (C=O) groups excluding carboxylic acids is 2. The number of methoxy groups -OCH3 is 3. The number of rotatable bonds is 17. The van der Waals surface area contributed by atoms with Gasteiger partial charge in [0.1, 0.15) is 28.6 Å². The number of hydrogen-bond acceptors (Lipinski definition) is 11. The molecule has 0 saturated carbocycles. The van der Waals surface area contributed by atoms with Gasteiger partial charge in [0.25, 0.3) is 5.91 Å². The van der Waals surface area contributed by atoms with Crippen LogP contribution in [0.5, 0.6) is 23.0 Å². The Morgan fingerprint density at radius 3 is 2.33 bits per heavy atom.